The number of benzene rings is 1. The third-order valence-electron chi connectivity index (χ3n) is 4.64. The molecule has 1 saturated heterocycles. The number of hydrogen-bond acceptors (Lipinski definition) is 2. The summed E-state index contributed by atoms with van der Waals surface area (Å²) >= 11 is 0. The average Bonchev–Trinajstić information content (AvgIpc) is 3.14. The van der Waals surface area contributed by atoms with E-state index in [-0.39, 0.29) is 11.9 Å². The van der Waals surface area contributed by atoms with Gasteiger partial charge in [0.05, 0.1) is 6.04 Å². The predicted octanol–water partition coefficient (Wildman–Crippen LogP) is 3.02. The van der Waals surface area contributed by atoms with Crippen LogP contribution in [0, 0.1) is 6.92 Å². The minimum absolute atomic E-state index is 0.250. The van der Waals surface area contributed by atoms with Crippen molar-refractivity contribution in [3.05, 3.63) is 53.3 Å². The number of amides is 1. The molecule has 1 unspecified atom stereocenters. The number of aromatic nitrogens is 2. The Morgan fingerprint density at radius 3 is 2.86 bits per heavy atom. The second-order valence-electron chi connectivity index (χ2n) is 6.05. The summed E-state index contributed by atoms with van der Waals surface area (Å²) in [6, 6.07) is 10.6. The molecule has 22 heavy (non-hydrogen) atoms. The fourth-order valence-electron chi connectivity index (χ4n) is 3.37. The van der Waals surface area contributed by atoms with Crippen molar-refractivity contribution in [2.75, 3.05) is 6.54 Å². The van der Waals surface area contributed by atoms with Crippen LogP contribution in [-0.2, 0) is 18.3 Å². The van der Waals surface area contributed by atoms with Crippen LogP contribution in [0.15, 0.2) is 36.5 Å². The number of nitrogens with zero attached hydrogens (tertiary/aromatic N) is 3. The summed E-state index contributed by atoms with van der Waals surface area (Å²) in [7, 11) is 1.92. The van der Waals surface area contributed by atoms with Crippen molar-refractivity contribution in [3.8, 4) is 0 Å². The fourth-order valence-corrected chi connectivity index (χ4v) is 3.37. The van der Waals surface area contributed by atoms with Gasteiger partial charge in [-0.25, -0.2) is 0 Å². The van der Waals surface area contributed by atoms with E-state index in [4.69, 9.17) is 0 Å². The Bertz CT molecular complexity index is 662. The molecule has 0 aliphatic carbocycles. The van der Waals surface area contributed by atoms with Crippen LogP contribution in [0.4, 0.5) is 0 Å². The normalized spacial score (nSPS) is 17.9. The van der Waals surface area contributed by atoms with Crippen molar-refractivity contribution in [1.29, 1.82) is 0 Å². The van der Waals surface area contributed by atoms with E-state index in [1.54, 1.807) is 6.20 Å². The molecular formula is C18H23N3O. The first kappa shape index (κ1) is 14.8. The van der Waals surface area contributed by atoms with Gasteiger partial charge in [-0.2, -0.15) is 5.10 Å². The van der Waals surface area contributed by atoms with Crippen LogP contribution in [-0.4, -0.2) is 27.1 Å². The summed E-state index contributed by atoms with van der Waals surface area (Å²) in [5, 5.41) is 4.16. The van der Waals surface area contributed by atoms with E-state index in [0.29, 0.717) is 6.42 Å². The van der Waals surface area contributed by atoms with Gasteiger partial charge >= 0.3 is 0 Å². The molecule has 1 aliphatic heterocycles. The van der Waals surface area contributed by atoms with Crippen molar-refractivity contribution in [2.24, 2.45) is 7.05 Å². The molecule has 0 saturated carbocycles. The van der Waals surface area contributed by atoms with Crippen LogP contribution in [0.25, 0.3) is 0 Å². The highest BCUT2D eigenvalue weighted by molar-refractivity contribution is 5.77. The summed E-state index contributed by atoms with van der Waals surface area (Å²) in [5.41, 5.74) is 3.69. The van der Waals surface area contributed by atoms with E-state index in [1.165, 1.54) is 11.1 Å². The molecule has 0 spiro atoms. The molecule has 3 rings (SSSR count). The number of aryl methyl sites for hydroxylation is 3. The quantitative estimate of drug-likeness (QED) is 0.870. The molecule has 1 aromatic heterocycles. The lowest BCUT2D eigenvalue weighted by molar-refractivity contribution is -0.132. The van der Waals surface area contributed by atoms with Gasteiger partial charge in [0, 0.05) is 31.9 Å². The monoisotopic (exact) mass is 297 g/mol. The zero-order valence-electron chi connectivity index (χ0n) is 13.3. The maximum absolute atomic E-state index is 12.6. The number of carbonyl (C=O) groups is 1. The molecule has 1 atom stereocenters. The van der Waals surface area contributed by atoms with Crippen molar-refractivity contribution in [1.82, 2.24) is 14.7 Å². The predicted molar refractivity (Wildman–Crippen MR) is 86.4 cm³/mol. The van der Waals surface area contributed by atoms with E-state index >= 15 is 0 Å². The smallest absolute Gasteiger partial charge is 0.223 e. The molecule has 1 fully saturated rings. The van der Waals surface area contributed by atoms with E-state index in [0.717, 1.165) is 31.5 Å². The molecule has 4 heteroatoms. The highest BCUT2D eigenvalue weighted by Gasteiger charge is 2.30. The highest BCUT2D eigenvalue weighted by atomic mass is 16.2. The Labute approximate surface area is 131 Å². The largest absolute Gasteiger partial charge is 0.336 e. The van der Waals surface area contributed by atoms with Crippen LogP contribution in [0.1, 0.15) is 42.1 Å². The van der Waals surface area contributed by atoms with Crippen LogP contribution in [0.3, 0.4) is 0 Å². The Morgan fingerprint density at radius 1 is 1.32 bits per heavy atom. The number of likely N-dealkylation sites (tertiary alicyclic amines) is 1. The summed E-state index contributed by atoms with van der Waals surface area (Å²) in [6.07, 6.45) is 5.26. The second kappa shape index (κ2) is 6.34. The molecule has 0 N–H and O–H groups in total. The summed E-state index contributed by atoms with van der Waals surface area (Å²) in [6.45, 7) is 3.01. The zero-order valence-corrected chi connectivity index (χ0v) is 13.3. The van der Waals surface area contributed by atoms with Crippen molar-refractivity contribution in [3.63, 3.8) is 0 Å². The lowest BCUT2D eigenvalue weighted by atomic mass is 9.99. The lowest BCUT2D eigenvalue weighted by Crippen LogP contribution is -2.31. The Balaban J connectivity index is 1.69. The van der Waals surface area contributed by atoms with Gasteiger partial charge in [0.1, 0.15) is 0 Å². The molecule has 2 aromatic rings. The van der Waals surface area contributed by atoms with Gasteiger partial charge in [-0.1, -0.05) is 24.3 Å². The molecule has 1 amide bonds. The third kappa shape index (κ3) is 2.91. The highest BCUT2D eigenvalue weighted by Crippen LogP contribution is 2.34. The maximum Gasteiger partial charge on any atom is 0.223 e. The summed E-state index contributed by atoms with van der Waals surface area (Å²) in [4.78, 5) is 14.7. The molecule has 1 aromatic carbocycles. The van der Waals surface area contributed by atoms with Gasteiger partial charge in [0.15, 0.2) is 0 Å². The SMILES string of the molecule is Cc1ccccc1C1CCCN1C(=O)CCc1ccnn1C. The lowest BCUT2D eigenvalue weighted by Gasteiger charge is -2.26. The van der Waals surface area contributed by atoms with Gasteiger partial charge in [0.2, 0.25) is 5.91 Å². The topological polar surface area (TPSA) is 38.1 Å². The maximum atomic E-state index is 12.6. The first-order valence-electron chi connectivity index (χ1n) is 7.98. The molecule has 4 nitrogen and oxygen atoms in total. The van der Waals surface area contributed by atoms with E-state index in [2.05, 4.69) is 41.2 Å². The van der Waals surface area contributed by atoms with Crippen LogP contribution >= 0.6 is 0 Å². The minimum atomic E-state index is 0.250. The van der Waals surface area contributed by atoms with Gasteiger partial charge in [-0.05, 0) is 43.4 Å². The van der Waals surface area contributed by atoms with E-state index in [1.807, 2.05) is 17.8 Å². The molecule has 116 valence electrons. The Morgan fingerprint density at radius 2 is 2.14 bits per heavy atom. The molecule has 1 aliphatic rings. The van der Waals surface area contributed by atoms with Crippen molar-refractivity contribution < 1.29 is 4.79 Å². The molecular weight excluding hydrogens is 274 g/mol. The summed E-state index contributed by atoms with van der Waals surface area (Å²) in [5.74, 6) is 0.256. The van der Waals surface area contributed by atoms with Crippen LogP contribution < -0.4 is 0 Å². The Hall–Kier alpha value is -2.10. The first-order valence-corrected chi connectivity index (χ1v) is 7.98. The molecule has 0 radical (unpaired) electrons. The minimum Gasteiger partial charge on any atom is -0.336 e. The van der Waals surface area contributed by atoms with Gasteiger partial charge in [-0.15, -0.1) is 0 Å². The van der Waals surface area contributed by atoms with Crippen molar-refractivity contribution in [2.45, 2.75) is 38.6 Å². The van der Waals surface area contributed by atoms with Gasteiger partial charge in [0.25, 0.3) is 0 Å². The summed E-state index contributed by atoms with van der Waals surface area (Å²) < 4.78 is 1.84. The molecule has 2 heterocycles. The van der Waals surface area contributed by atoms with E-state index in [9.17, 15) is 4.79 Å². The second-order valence-corrected chi connectivity index (χ2v) is 6.05. The third-order valence-corrected chi connectivity index (χ3v) is 4.64. The zero-order chi connectivity index (χ0) is 15.5. The van der Waals surface area contributed by atoms with Crippen LogP contribution in [0.2, 0.25) is 0 Å². The van der Waals surface area contributed by atoms with Gasteiger partial charge in [-0.3, -0.25) is 9.48 Å². The van der Waals surface area contributed by atoms with Crippen LogP contribution in [0.5, 0.6) is 0 Å². The fraction of sp³-hybridized carbons (Fsp3) is 0.444. The van der Waals surface area contributed by atoms with E-state index < -0.39 is 0 Å². The molecule has 0 bridgehead atoms. The number of rotatable bonds is 4. The standard InChI is InChI=1S/C18H23N3O/c1-14-6-3-4-7-16(14)17-8-5-13-21(17)18(22)10-9-15-11-12-19-20(15)2/h3-4,6-7,11-12,17H,5,8-10,13H2,1-2H3. The van der Waals surface area contributed by atoms with Gasteiger partial charge < -0.3 is 4.90 Å². The average molecular weight is 297 g/mol. The number of hydrogen-bond donors (Lipinski definition) is 0. The number of carbonyl (C=O) groups excluding carboxylic acids is 1. The first-order chi connectivity index (χ1) is 10.7. The van der Waals surface area contributed by atoms with Crippen molar-refractivity contribution >= 4 is 5.91 Å². The Kier molecular flexibility index (Phi) is 4.27.